The molecule has 15 nitrogen and oxygen atoms in total. The molecular formula is C41H35Cl2N11O4S2. The van der Waals surface area contributed by atoms with Crippen molar-refractivity contribution in [3.8, 4) is 0 Å². The van der Waals surface area contributed by atoms with Crippen LogP contribution in [0.4, 0.5) is 23.0 Å². The van der Waals surface area contributed by atoms with Crippen LogP contribution in [-0.2, 0) is 40.0 Å². The van der Waals surface area contributed by atoms with E-state index in [4.69, 9.17) is 27.9 Å². The highest BCUT2D eigenvalue weighted by Gasteiger charge is 2.44. The Kier molecular flexibility index (Phi) is 9.33. The van der Waals surface area contributed by atoms with Crippen LogP contribution in [-0.4, -0.2) is 86.3 Å². The molecule has 10 heterocycles. The number of carboxylic acids is 1. The van der Waals surface area contributed by atoms with Crippen molar-refractivity contribution in [1.29, 1.82) is 0 Å². The van der Waals surface area contributed by atoms with Gasteiger partial charge >= 0.3 is 5.97 Å². The number of anilines is 4. The molecule has 2 bridgehead atoms. The molecule has 2 saturated heterocycles. The smallest absolute Gasteiger partial charge is 0.306 e. The number of halogens is 2. The third-order valence-corrected chi connectivity index (χ3v) is 15.0. The Morgan fingerprint density at radius 3 is 1.85 bits per heavy atom. The molecule has 2 fully saturated rings. The maximum Gasteiger partial charge on any atom is 0.306 e. The molecular weight excluding hydrogens is 846 g/mol. The van der Waals surface area contributed by atoms with E-state index in [1.54, 1.807) is 62.8 Å². The SMILES string of the molecule is O=C(O)[C@H]1CCc2c(sc3ncnc(Nc4cc5ccnn5cc4Cl)c23)C1.O=C([C@H]1CCc2c(sc3ncnc(Nc4cc5ccnn5cc4Cl)c23)C1)N1C[C@@H]2C[C@H]1CO2. The Balaban J connectivity index is 0.000000139. The molecule has 304 valence electrons. The number of nitrogens with one attached hydrogen (secondary N) is 2. The lowest BCUT2D eigenvalue weighted by atomic mass is 9.86. The van der Waals surface area contributed by atoms with Crippen LogP contribution in [0.3, 0.4) is 0 Å². The van der Waals surface area contributed by atoms with E-state index in [1.807, 2.05) is 24.3 Å². The molecule has 8 aromatic heterocycles. The van der Waals surface area contributed by atoms with Gasteiger partial charge in [-0.3, -0.25) is 9.59 Å². The number of pyridine rings is 2. The molecule has 0 spiro atoms. The second-order valence-electron chi connectivity index (χ2n) is 15.6. The molecule has 8 aromatic rings. The summed E-state index contributed by atoms with van der Waals surface area (Å²) in [6.45, 7) is 1.44. The van der Waals surface area contributed by atoms with Gasteiger partial charge in [0, 0.05) is 47.0 Å². The second-order valence-corrected chi connectivity index (χ2v) is 18.6. The number of aryl methyl sites for hydroxylation is 2. The summed E-state index contributed by atoms with van der Waals surface area (Å²) in [6, 6.07) is 7.98. The van der Waals surface area contributed by atoms with Crippen molar-refractivity contribution in [2.45, 2.75) is 57.1 Å². The molecule has 3 N–H and O–H groups in total. The minimum Gasteiger partial charge on any atom is -0.481 e. The molecule has 2 aliphatic carbocycles. The highest BCUT2D eigenvalue weighted by atomic mass is 35.5. The summed E-state index contributed by atoms with van der Waals surface area (Å²) in [4.78, 5) is 48.7. The minimum atomic E-state index is -0.733. The van der Waals surface area contributed by atoms with Gasteiger partial charge in [-0.25, -0.2) is 29.0 Å². The maximum absolute atomic E-state index is 13.3. The Labute approximate surface area is 359 Å². The first-order valence-electron chi connectivity index (χ1n) is 19.7. The second kappa shape index (κ2) is 14.9. The van der Waals surface area contributed by atoms with Gasteiger partial charge in [0.25, 0.3) is 0 Å². The number of likely N-dealkylation sites (tertiary alicyclic amines) is 1. The summed E-state index contributed by atoms with van der Waals surface area (Å²) in [6.07, 6.45) is 15.7. The quantitative estimate of drug-likeness (QED) is 0.148. The van der Waals surface area contributed by atoms with Crippen LogP contribution in [0, 0.1) is 11.8 Å². The zero-order valence-electron chi connectivity index (χ0n) is 31.7. The number of hydrogen-bond donors (Lipinski definition) is 3. The molecule has 1 amide bonds. The van der Waals surface area contributed by atoms with Crippen LogP contribution in [0.15, 0.2) is 61.7 Å². The number of carboxylic acid groups (broad SMARTS) is 1. The molecule has 0 radical (unpaired) electrons. The van der Waals surface area contributed by atoms with Crippen molar-refractivity contribution in [2.75, 3.05) is 23.8 Å². The normalized spacial score (nSPS) is 20.7. The molecule has 0 unspecified atom stereocenters. The molecule has 19 heteroatoms. The number of amides is 1. The van der Waals surface area contributed by atoms with E-state index >= 15 is 0 Å². The molecule has 12 rings (SSSR count). The third kappa shape index (κ3) is 6.59. The van der Waals surface area contributed by atoms with Crippen molar-refractivity contribution < 1.29 is 19.4 Å². The Bertz CT molecular complexity index is 3020. The van der Waals surface area contributed by atoms with Crippen molar-refractivity contribution >= 4 is 112 Å². The van der Waals surface area contributed by atoms with E-state index in [0.29, 0.717) is 47.6 Å². The van der Waals surface area contributed by atoms with Gasteiger partial charge in [-0.2, -0.15) is 10.2 Å². The number of ether oxygens (including phenoxy) is 1. The summed E-state index contributed by atoms with van der Waals surface area (Å²) in [5.74, 6) is 0.711. The highest BCUT2D eigenvalue weighted by molar-refractivity contribution is 7.19. The number of nitrogens with zero attached hydrogens (tertiary/aromatic N) is 9. The summed E-state index contributed by atoms with van der Waals surface area (Å²) in [7, 11) is 0. The number of fused-ring (bicyclic) bond motifs is 10. The van der Waals surface area contributed by atoms with Crippen LogP contribution in [0.1, 0.15) is 40.1 Å². The average molecular weight is 881 g/mol. The molecule has 0 aromatic carbocycles. The number of thiophene rings is 2. The molecule has 0 saturated carbocycles. The number of aromatic nitrogens is 8. The molecule has 4 atom stereocenters. The lowest BCUT2D eigenvalue weighted by molar-refractivity contribution is -0.142. The average Bonchev–Trinajstić information content (AvgIpc) is 4.12. The van der Waals surface area contributed by atoms with Crippen molar-refractivity contribution in [1.82, 2.24) is 44.1 Å². The monoisotopic (exact) mass is 879 g/mol. The van der Waals surface area contributed by atoms with Gasteiger partial charge < -0.3 is 25.4 Å². The largest absolute Gasteiger partial charge is 0.481 e. The van der Waals surface area contributed by atoms with E-state index in [1.165, 1.54) is 16.8 Å². The van der Waals surface area contributed by atoms with Crippen LogP contribution in [0.5, 0.6) is 0 Å². The van der Waals surface area contributed by atoms with Gasteiger partial charge in [-0.1, -0.05) is 23.2 Å². The van der Waals surface area contributed by atoms with Gasteiger partial charge in [0.1, 0.15) is 34.0 Å². The van der Waals surface area contributed by atoms with Crippen LogP contribution in [0.25, 0.3) is 31.5 Å². The predicted molar refractivity (Wildman–Crippen MR) is 230 cm³/mol. The van der Waals surface area contributed by atoms with Gasteiger partial charge in [0.2, 0.25) is 5.91 Å². The molecule has 2 aliphatic heterocycles. The summed E-state index contributed by atoms with van der Waals surface area (Å²) < 4.78 is 9.13. The third-order valence-electron chi connectivity index (χ3n) is 12.1. The maximum atomic E-state index is 13.3. The van der Waals surface area contributed by atoms with Crippen molar-refractivity contribution in [2.24, 2.45) is 11.8 Å². The molecule has 4 aliphatic rings. The minimum absolute atomic E-state index is 0.0352. The standard InChI is InChI=1S/C23H21ClN6O2S.C18H14ClN5O2S/c24-17-9-30-13(3-4-27-30)7-18(17)28-21-20-16-2-1-12(5-19(16)33-22(20)26-11-25-21)23(31)29-8-15-6-14(29)10-32-15;19-12-7-24-10(3-4-22-24)6-13(12)23-16-15-11-2-1-9(18(25)26)5-14(11)27-17(15)21-8-20-16/h3-4,7,9,11-12,14-15H,1-2,5-6,8,10H2,(H,25,26,28);3-4,6-9H,1-2,5H2,(H,25,26)(H,20,21,23)/t12-,14-,15-;9-/m00/s1. The lowest BCUT2D eigenvalue weighted by Crippen LogP contribution is -2.45. The van der Waals surface area contributed by atoms with Crippen LogP contribution >= 0.6 is 45.9 Å². The van der Waals surface area contributed by atoms with Crippen molar-refractivity contribution in [3.63, 3.8) is 0 Å². The number of carbonyl (C=O) groups is 2. The van der Waals surface area contributed by atoms with E-state index in [-0.39, 0.29) is 24.0 Å². The number of carbonyl (C=O) groups excluding carboxylic acids is 1. The van der Waals surface area contributed by atoms with E-state index < -0.39 is 5.97 Å². The number of morpholine rings is 1. The van der Waals surface area contributed by atoms with Gasteiger partial charge in [0.05, 0.1) is 67.9 Å². The first kappa shape index (κ1) is 37.5. The van der Waals surface area contributed by atoms with Gasteiger partial charge in [-0.05, 0) is 80.3 Å². The Morgan fingerprint density at radius 2 is 1.33 bits per heavy atom. The molecule has 60 heavy (non-hydrogen) atoms. The van der Waals surface area contributed by atoms with Crippen LogP contribution < -0.4 is 10.6 Å². The Morgan fingerprint density at radius 1 is 0.783 bits per heavy atom. The zero-order valence-corrected chi connectivity index (χ0v) is 34.9. The first-order valence-corrected chi connectivity index (χ1v) is 22.1. The van der Waals surface area contributed by atoms with Crippen molar-refractivity contribution in [3.05, 3.63) is 92.6 Å². The van der Waals surface area contributed by atoms with E-state index in [0.717, 1.165) is 91.3 Å². The summed E-state index contributed by atoms with van der Waals surface area (Å²) >= 11 is 16.1. The Hall–Kier alpha value is -5.46. The predicted octanol–water partition coefficient (Wildman–Crippen LogP) is 7.77. The lowest BCUT2D eigenvalue weighted by Gasteiger charge is -2.32. The van der Waals surface area contributed by atoms with Gasteiger partial charge in [-0.15, -0.1) is 22.7 Å². The highest BCUT2D eigenvalue weighted by Crippen LogP contribution is 2.43. The van der Waals surface area contributed by atoms with E-state index in [2.05, 4.69) is 45.7 Å². The number of aliphatic carboxylic acids is 1. The fourth-order valence-corrected chi connectivity index (χ4v) is 12.0. The summed E-state index contributed by atoms with van der Waals surface area (Å²) in [5.41, 5.74) is 5.79. The van der Waals surface area contributed by atoms with E-state index in [9.17, 15) is 14.7 Å². The van der Waals surface area contributed by atoms with Crippen LogP contribution in [0.2, 0.25) is 10.0 Å². The summed E-state index contributed by atoms with van der Waals surface area (Å²) in [5, 5.41) is 27.6. The first-order chi connectivity index (χ1) is 29.2. The zero-order chi connectivity index (χ0) is 40.6. The number of hydrogen-bond acceptors (Lipinski definition) is 13. The number of rotatable bonds is 6. The topological polar surface area (TPSA) is 177 Å². The van der Waals surface area contributed by atoms with Gasteiger partial charge in [0.15, 0.2) is 0 Å². The fraction of sp³-hybridized carbons (Fsp3) is 0.317. The fourth-order valence-electron chi connectivity index (χ4n) is 9.06.